The zero-order chi connectivity index (χ0) is 10.5. The summed E-state index contributed by atoms with van der Waals surface area (Å²) in [7, 11) is 1.42. The molecule has 0 bridgehead atoms. The summed E-state index contributed by atoms with van der Waals surface area (Å²) >= 11 is 0. The predicted molar refractivity (Wildman–Crippen MR) is 51.4 cm³/mol. The van der Waals surface area contributed by atoms with Gasteiger partial charge in [-0.05, 0) is 12.8 Å². The molecule has 0 radical (unpaired) electrons. The van der Waals surface area contributed by atoms with Crippen LogP contribution in [0.1, 0.15) is 32.1 Å². The number of methoxy groups -OCH3 is 1. The molecular formula is C11H16O4. The first-order valence-corrected chi connectivity index (χ1v) is 5.61. The third-order valence-corrected chi connectivity index (χ3v) is 4.07. The monoisotopic (exact) mass is 212 g/mol. The fourth-order valence-electron chi connectivity index (χ4n) is 3.22. The lowest BCUT2D eigenvalue weighted by Gasteiger charge is -2.24. The Balaban J connectivity index is 1.77. The van der Waals surface area contributed by atoms with Crippen molar-refractivity contribution in [2.75, 3.05) is 13.7 Å². The van der Waals surface area contributed by atoms with Crippen molar-refractivity contribution >= 4 is 5.97 Å². The Bertz CT molecular complexity index is 303. The van der Waals surface area contributed by atoms with E-state index < -0.39 is 0 Å². The van der Waals surface area contributed by atoms with Crippen LogP contribution in [0.5, 0.6) is 0 Å². The van der Waals surface area contributed by atoms with Gasteiger partial charge in [-0.25, -0.2) is 0 Å². The summed E-state index contributed by atoms with van der Waals surface area (Å²) in [5.74, 6) is -0.193. The molecule has 15 heavy (non-hydrogen) atoms. The van der Waals surface area contributed by atoms with Gasteiger partial charge in [0.15, 0.2) is 0 Å². The summed E-state index contributed by atoms with van der Waals surface area (Å²) in [6.45, 7) is 0.562. The van der Waals surface area contributed by atoms with Crippen LogP contribution < -0.4 is 0 Å². The van der Waals surface area contributed by atoms with E-state index in [0.717, 1.165) is 12.8 Å². The minimum absolute atomic E-state index is 0.139. The molecule has 4 heteroatoms. The lowest BCUT2D eigenvalue weighted by molar-refractivity contribution is -0.142. The largest absolute Gasteiger partial charge is 0.469 e. The van der Waals surface area contributed by atoms with Crippen molar-refractivity contribution in [3.8, 4) is 0 Å². The maximum atomic E-state index is 11.3. The molecule has 4 nitrogen and oxygen atoms in total. The summed E-state index contributed by atoms with van der Waals surface area (Å²) in [5.41, 5.74) is -0.482. The van der Waals surface area contributed by atoms with Gasteiger partial charge in [0.2, 0.25) is 0 Å². The number of epoxide rings is 1. The van der Waals surface area contributed by atoms with E-state index >= 15 is 0 Å². The maximum absolute atomic E-state index is 11.3. The SMILES string of the molecule is COC(=O)C[C@@]12CO[C@@H]3CCCC[C@]31O2. The highest BCUT2D eigenvalue weighted by molar-refractivity contribution is 5.72. The van der Waals surface area contributed by atoms with Crippen molar-refractivity contribution in [2.24, 2.45) is 0 Å². The molecular weight excluding hydrogens is 196 g/mol. The van der Waals surface area contributed by atoms with Crippen LogP contribution in [0.4, 0.5) is 0 Å². The van der Waals surface area contributed by atoms with Gasteiger partial charge < -0.3 is 14.2 Å². The highest BCUT2D eigenvalue weighted by atomic mass is 16.7. The van der Waals surface area contributed by atoms with Gasteiger partial charge in [0.25, 0.3) is 0 Å². The summed E-state index contributed by atoms with van der Waals surface area (Å²) in [4.78, 5) is 11.3. The molecule has 2 heterocycles. The third kappa shape index (κ3) is 1.12. The van der Waals surface area contributed by atoms with E-state index in [0.29, 0.717) is 13.0 Å². The van der Waals surface area contributed by atoms with E-state index in [1.165, 1.54) is 20.0 Å². The first kappa shape index (κ1) is 9.60. The summed E-state index contributed by atoms with van der Waals surface area (Å²) in [5, 5.41) is 0. The van der Waals surface area contributed by atoms with E-state index in [4.69, 9.17) is 14.2 Å². The first-order valence-electron chi connectivity index (χ1n) is 5.61. The van der Waals surface area contributed by atoms with E-state index in [9.17, 15) is 4.79 Å². The zero-order valence-electron chi connectivity index (χ0n) is 8.95. The number of hydrogen-bond donors (Lipinski definition) is 0. The van der Waals surface area contributed by atoms with E-state index in [2.05, 4.69) is 0 Å². The summed E-state index contributed by atoms with van der Waals surface area (Å²) in [6, 6.07) is 0. The predicted octanol–water partition coefficient (Wildman–Crippen LogP) is 1.03. The lowest BCUT2D eigenvalue weighted by Crippen LogP contribution is -2.35. The molecule has 3 aliphatic rings. The zero-order valence-corrected chi connectivity index (χ0v) is 8.95. The van der Waals surface area contributed by atoms with Crippen molar-refractivity contribution in [2.45, 2.75) is 49.4 Å². The van der Waals surface area contributed by atoms with Gasteiger partial charge in [0.1, 0.15) is 11.2 Å². The molecule has 0 amide bonds. The van der Waals surface area contributed by atoms with Gasteiger partial charge in [-0.2, -0.15) is 0 Å². The van der Waals surface area contributed by atoms with Crippen LogP contribution in [-0.2, 0) is 19.0 Å². The molecule has 2 aliphatic heterocycles. The van der Waals surface area contributed by atoms with Crippen LogP contribution >= 0.6 is 0 Å². The standard InChI is InChI=1S/C11H16O4/c1-13-9(12)6-10-7-14-8-4-2-3-5-11(8,10)15-10/h8H,2-7H2,1H3/t8-,10-,11+/m1/s1. The highest BCUT2D eigenvalue weighted by Crippen LogP contribution is 2.63. The van der Waals surface area contributed by atoms with Crippen LogP contribution in [0.15, 0.2) is 0 Å². The molecule has 2 saturated heterocycles. The molecule has 0 aromatic heterocycles. The molecule has 0 aromatic carbocycles. The topological polar surface area (TPSA) is 48.1 Å². The Labute approximate surface area is 88.9 Å². The number of esters is 1. The Morgan fingerprint density at radius 1 is 1.53 bits per heavy atom. The normalized spacial score (nSPS) is 46.9. The number of ether oxygens (including phenoxy) is 3. The first-order chi connectivity index (χ1) is 7.22. The van der Waals surface area contributed by atoms with Gasteiger partial charge in [0.05, 0.1) is 26.2 Å². The van der Waals surface area contributed by atoms with Crippen molar-refractivity contribution in [3.63, 3.8) is 0 Å². The summed E-state index contributed by atoms with van der Waals surface area (Å²) in [6.07, 6.45) is 5.07. The molecule has 0 N–H and O–H groups in total. The van der Waals surface area contributed by atoms with Crippen molar-refractivity contribution in [3.05, 3.63) is 0 Å². The smallest absolute Gasteiger partial charge is 0.308 e. The van der Waals surface area contributed by atoms with Gasteiger partial charge in [0, 0.05) is 0 Å². The van der Waals surface area contributed by atoms with Crippen LogP contribution in [0.25, 0.3) is 0 Å². The van der Waals surface area contributed by atoms with E-state index in [1.807, 2.05) is 0 Å². The van der Waals surface area contributed by atoms with E-state index in [-0.39, 0.29) is 23.3 Å². The average molecular weight is 212 g/mol. The lowest BCUT2D eigenvalue weighted by atomic mass is 9.79. The Hall–Kier alpha value is -0.610. The molecule has 3 rings (SSSR count). The molecule has 84 valence electrons. The Morgan fingerprint density at radius 2 is 2.40 bits per heavy atom. The molecule has 0 aromatic rings. The van der Waals surface area contributed by atoms with Crippen molar-refractivity contribution in [1.82, 2.24) is 0 Å². The second-order valence-corrected chi connectivity index (χ2v) is 4.78. The molecule has 3 fully saturated rings. The fraction of sp³-hybridized carbons (Fsp3) is 0.909. The van der Waals surface area contributed by atoms with Crippen molar-refractivity contribution < 1.29 is 19.0 Å². The molecule has 0 unspecified atom stereocenters. The van der Waals surface area contributed by atoms with Gasteiger partial charge >= 0.3 is 5.97 Å². The fourth-order valence-corrected chi connectivity index (χ4v) is 3.22. The minimum Gasteiger partial charge on any atom is -0.469 e. The van der Waals surface area contributed by atoms with Gasteiger partial charge in [-0.15, -0.1) is 0 Å². The number of carbonyl (C=O) groups excluding carboxylic acids is 1. The van der Waals surface area contributed by atoms with Crippen LogP contribution in [0.2, 0.25) is 0 Å². The van der Waals surface area contributed by atoms with Crippen LogP contribution in [0, 0.1) is 0 Å². The van der Waals surface area contributed by atoms with Gasteiger partial charge in [-0.3, -0.25) is 4.79 Å². The van der Waals surface area contributed by atoms with Gasteiger partial charge in [-0.1, -0.05) is 12.8 Å². The molecule has 1 aliphatic carbocycles. The molecule has 3 atom stereocenters. The second-order valence-electron chi connectivity index (χ2n) is 4.78. The molecule has 1 saturated carbocycles. The highest BCUT2D eigenvalue weighted by Gasteiger charge is 2.78. The summed E-state index contributed by atoms with van der Waals surface area (Å²) < 4.78 is 16.3. The van der Waals surface area contributed by atoms with Crippen molar-refractivity contribution in [1.29, 1.82) is 0 Å². The third-order valence-electron chi connectivity index (χ3n) is 4.07. The quantitative estimate of drug-likeness (QED) is 0.506. The minimum atomic E-state index is -0.342. The maximum Gasteiger partial charge on any atom is 0.308 e. The number of rotatable bonds is 2. The molecule has 1 spiro atoms. The average Bonchev–Trinajstić information content (AvgIpc) is 2.75. The van der Waals surface area contributed by atoms with Crippen LogP contribution in [0.3, 0.4) is 0 Å². The van der Waals surface area contributed by atoms with Crippen LogP contribution in [-0.4, -0.2) is 37.0 Å². The number of hydrogen-bond acceptors (Lipinski definition) is 4. The van der Waals surface area contributed by atoms with E-state index in [1.54, 1.807) is 0 Å². The Kier molecular flexibility index (Phi) is 1.89. The number of carbonyl (C=O) groups is 1. The Morgan fingerprint density at radius 3 is 3.20 bits per heavy atom. The second kappa shape index (κ2) is 2.95.